The molecule has 1 aromatic heterocycles. The smallest absolute Gasteiger partial charge is 0.410 e. The van der Waals surface area contributed by atoms with Crippen LogP contribution in [0.5, 0.6) is 0 Å². The normalized spacial score (nSPS) is 15.8. The molecule has 0 bridgehead atoms. The van der Waals surface area contributed by atoms with Gasteiger partial charge in [-0.05, 0) is 87.2 Å². The van der Waals surface area contributed by atoms with Crippen LogP contribution in [-0.2, 0) is 9.53 Å². The van der Waals surface area contributed by atoms with Gasteiger partial charge in [-0.15, -0.1) is 0 Å². The first-order chi connectivity index (χ1) is 19.5. The maximum absolute atomic E-state index is 12.6. The summed E-state index contributed by atoms with van der Waals surface area (Å²) in [4.78, 5) is 38.8. The van der Waals surface area contributed by atoms with Crippen LogP contribution in [-0.4, -0.2) is 65.7 Å². The minimum Gasteiger partial charge on any atom is -0.444 e. The second-order valence-corrected chi connectivity index (χ2v) is 12.2. The van der Waals surface area contributed by atoms with Crippen LogP contribution in [0, 0.1) is 5.92 Å². The average molecular weight is 580 g/mol. The van der Waals surface area contributed by atoms with Gasteiger partial charge in [-0.3, -0.25) is 4.79 Å². The van der Waals surface area contributed by atoms with Crippen molar-refractivity contribution in [1.82, 2.24) is 20.2 Å². The molecule has 4 rings (SSSR count). The second-order valence-electron chi connectivity index (χ2n) is 11.2. The first kappa shape index (κ1) is 30.2. The van der Waals surface area contributed by atoms with Gasteiger partial charge >= 0.3 is 6.09 Å². The van der Waals surface area contributed by atoms with Crippen LogP contribution >= 0.6 is 11.8 Å². The Hall–Kier alpha value is -3.73. The van der Waals surface area contributed by atoms with Gasteiger partial charge in [-0.25, -0.2) is 14.8 Å². The Kier molecular flexibility index (Phi) is 9.80. The third kappa shape index (κ3) is 9.14. The Balaban J connectivity index is 1.53. The van der Waals surface area contributed by atoms with Gasteiger partial charge in [0.1, 0.15) is 23.1 Å². The number of aromatic nitrogens is 2. The number of amides is 2. The van der Waals surface area contributed by atoms with Crippen molar-refractivity contribution < 1.29 is 14.3 Å². The molecule has 1 aliphatic heterocycles. The second kappa shape index (κ2) is 13.3. The molecular weight excluding hydrogens is 538 g/mol. The van der Waals surface area contributed by atoms with E-state index in [1.165, 1.54) is 24.6 Å². The molecule has 1 saturated heterocycles. The Morgan fingerprint density at radius 2 is 1.78 bits per heavy atom. The lowest BCUT2D eigenvalue weighted by Crippen LogP contribution is -2.50. The average Bonchev–Trinajstić information content (AvgIpc) is 3.78. The number of allylic oxidation sites excluding steroid dienone is 2. The predicted octanol–water partition coefficient (Wildman–Crippen LogP) is 5.47. The van der Waals surface area contributed by atoms with Crippen LogP contribution in [0.25, 0.3) is 0 Å². The number of rotatable bonds is 10. The molecule has 1 aromatic carbocycles. The van der Waals surface area contributed by atoms with Crippen LogP contribution in [0.15, 0.2) is 64.4 Å². The van der Waals surface area contributed by atoms with Crippen LogP contribution in [0.4, 0.5) is 22.1 Å². The first-order valence-electron chi connectivity index (χ1n) is 14.1. The fourth-order valence-corrected chi connectivity index (χ4v) is 4.92. The summed E-state index contributed by atoms with van der Waals surface area (Å²) in [5.41, 5.74) is 1.32. The monoisotopic (exact) mass is 579 g/mol. The number of hydrogen-bond acceptors (Lipinski definition) is 9. The molecule has 1 aliphatic carbocycles. The largest absolute Gasteiger partial charge is 0.444 e. The van der Waals surface area contributed by atoms with Crippen molar-refractivity contribution in [1.29, 1.82) is 0 Å². The lowest BCUT2D eigenvalue weighted by Gasteiger charge is -2.36. The van der Waals surface area contributed by atoms with E-state index in [0.717, 1.165) is 27.8 Å². The summed E-state index contributed by atoms with van der Waals surface area (Å²) in [5.74, 6) is 2.77. The number of carbonyl (C=O) groups is 2. The SMILES string of the molecule is C=C(/C=C(\NC)Nc1cc(N2CCN(C(=O)OC(C)(C)C)CC2)nc(Sc2ccc(NC(=O)CC)cc2)n1)C1CC1. The summed E-state index contributed by atoms with van der Waals surface area (Å²) >= 11 is 1.44. The molecule has 0 unspecified atom stereocenters. The lowest BCUT2D eigenvalue weighted by atomic mass is 10.2. The van der Waals surface area contributed by atoms with Gasteiger partial charge < -0.3 is 30.5 Å². The van der Waals surface area contributed by atoms with Crippen molar-refractivity contribution in [2.45, 2.75) is 62.6 Å². The molecule has 2 aliphatic rings. The molecule has 220 valence electrons. The van der Waals surface area contributed by atoms with E-state index in [1.54, 1.807) is 4.90 Å². The van der Waals surface area contributed by atoms with Gasteiger partial charge in [0.05, 0.1) is 0 Å². The number of nitrogens with one attached hydrogen (secondary N) is 3. The van der Waals surface area contributed by atoms with Crippen LogP contribution < -0.4 is 20.9 Å². The van der Waals surface area contributed by atoms with Crippen molar-refractivity contribution in [2.24, 2.45) is 5.92 Å². The van der Waals surface area contributed by atoms with Gasteiger partial charge in [0.25, 0.3) is 0 Å². The molecule has 2 heterocycles. The zero-order valence-corrected chi connectivity index (χ0v) is 25.4. The Bertz CT molecular complexity index is 1280. The third-order valence-corrected chi connectivity index (χ3v) is 7.45. The van der Waals surface area contributed by atoms with Gasteiger partial charge in [0, 0.05) is 56.3 Å². The minimum atomic E-state index is -0.531. The van der Waals surface area contributed by atoms with E-state index in [1.807, 2.05) is 71.2 Å². The number of benzene rings is 1. The fraction of sp³-hybridized carbons (Fsp3) is 0.467. The summed E-state index contributed by atoms with van der Waals surface area (Å²) in [6, 6.07) is 9.57. The number of carbonyl (C=O) groups excluding carboxylic acids is 2. The molecule has 0 spiro atoms. The standard InChI is InChI=1S/C30H41N7O3S/c1-7-27(38)32-22-10-12-23(13-11-22)41-28-34-25(33-24(31-6)18-20(2)21-8-9-21)19-26(35-28)36-14-16-37(17-15-36)29(39)40-30(3,4)5/h10-13,18-19,21,31H,2,7-9,14-17H2,1,3-6H3,(H,32,38)(H,33,34,35)/b24-18+. The maximum atomic E-state index is 12.6. The Morgan fingerprint density at radius 3 is 2.37 bits per heavy atom. The maximum Gasteiger partial charge on any atom is 0.410 e. The van der Waals surface area contributed by atoms with Crippen LogP contribution in [0.3, 0.4) is 0 Å². The number of ether oxygens (including phenoxy) is 1. The Labute approximate surface area is 247 Å². The molecule has 1 saturated carbocycles. The van der Waals surface area contributed by atoms with E-state index in [9.17, 15) is 9.59 Å². The van der Waals surface area contributed by atoms with E-state index >= 15 is 0 Å². The number of anilines is 3. The zero-order chi connectivity index (χ0) is 29.6. The first-order valence-corrected chi connectivity index (χ1v) is 14.9. The quantitative estimate of drug-likeness (QED) is 0.249. The molecule has 10 nitrogen and oxygen atoms in total. The summed E-state index contributed by atoms with van der Waals surface area (Å²) in [7, 11) is 1.87. The van der Waals surface area contributed by atoms with Crippen molar-refractivity contribution in [3.63, 3.8) is 0 Å². The highest BCUT2D eigenvalue weighted by Gasteiger charge is 2.27. The zero-order valence-electron chi connectivity index (χ0n) is 24.6. The van der Waals surface area contributed by atoms with Gasteiger partial charge in [-0.1, -0.05) is 13.5 Å². The molecule has 2 aromatic rings. The predicted molar refractivity (Wildman–Crippen MR) is 164 cm³/mol. The summed E-state index contributed by atoms with van der Waals surface area (Å²) in [5, 5.41) is 10.1. The van der Waals surface area contributed by atoms with Crippen LogP contribution in [0.1, 0.15) is 47.0 Å². The topological polar surface area (TPSA) is 112 Å². The van der Waals surface area contributed by atoms with Crippen molar-refractivity contribution in [2.75, 3.05) is 48.8 Å². The highest BCUT2D eigenvalue weighted by atomic mass is 32.2. The van der Waals surface area contributed by atoms with E-state index in [4.69, 9.17) is 14.7 Å². The molecular formula is C30H41N7O3S. The summed E-state index contributed by atoms with van der Waals surface area (Å²) in [6.07, 6.45) is 4.53. The van der Waals surface area contributed by atoms with E-state index in [0.29, 0.717) is 49.5 Å². The Morgan fingerprint density at radius 1 is 1.10 bits per heavy atom. The van der Waals surface area contributed by atoms with Crippen molar-refractivity contribution in [3.8, 4) is 0 Å². The van der Waals surface area contributed by atoms with Gasteiger partial charge in [0.2, 0.25) is 5.91 Å². The molecule has 11 heteroatoms. The molecule has 0 atom stereocenters. The van der Waals surface area contributed by atoms with Gasteiger partial charge in [-0.2, -0.15) is 0 Å². The number of hydrogen-bond donors (Lipinski definition) is 3. The van der Waals surface area contributed by atoms with Crippen LogP contribution in [0.2, 0.25) is 0 Å². The highest BCUT2D eigenvalue weighted by Crippen LogP contribution is 2.36. The molecule has 2 fully saturated rings. The summed E-state index contributed by atoms with van der Waals surface area (Å²) < 4.78 is 5.55. The minimum absolute atomic E-state index is 0.0262. The molecule has 2 amide bonds. The summed E-state index contributed by atoms with van der Waals surface area (Å²) in [6.45, 7) is 14.0. The number of piperazine rings is 1. The highest BCUT2D eigenvalue weighted by molar-refractivity contribution is 7.99. The van der Waals surface area contributed by atoms with E-state index < -0.39 is 5.60 Å². The van der Waals surface area contributed by atoms with Gasteiger partial charge in [0.15, 0.2) is 5.16 Å². The van der Waals surface area contributed by atoms with E-state index in [2.05, 4.69) is 27.4 Å². The van der Waals surface area contributed by atoms with E-state index in [-0.39, 0.29) is 12.0 Å². The van der Waals surface area contributed by atoms with Crippen molar-refractivity contribution in [3.05, 3.63) is 54.4 Å². The third-order valence-electron chi connectivity index (χ3n) is 6.58. The molecule has 3 N–H and O–H groups in total. The molecule has 0 radical (unpaired) electrons. The lowest BCUT2D eigenvalue weighted by molar-refractivity contribution is -0.115. The molecule has 41 heavy (non-hydrogen) atoms. The van der Waals surface area contributed by atoms with Crippen molar-refractivity contribution >= 4 is 41.1 Å². The fourth-order valence-electron chi connectivity index (χ4n) is 4.16. The number of nitrogens with zero attached hydrogens (tertiary/aromatic N) is 4.